The summed E-state index contributed by atoms with van der Waals surface area (Å²) in [4.78, 5) is 32.8. The van der Waals surface area contributed by atoms with Crippen molar-refractivity contribution in [3.8, 4) is 28.4 Å². The first-order valence-corrected chi connectivity index (χ1v) is 10.5. The highest BCUT2D eigenvalue weighted by Crippen LogP contribution is 2.42. The number of nitrogens with zero attached hydrogens (tertiary/aromatic N) is 3. The third kappa shape index (κ3) is 3.05. The van der Waals surface area contributed by atoms with Gasteiger partial charge in [-0.2, -0.15) is 0 Å². The van der Waals surface area contributed by atoms with Crippen LogP contribution in [0, 0.1) is 0 Å². The topological polar surface area (TPSA) is 96.6 Å². The molecule has 0 aliphatic heterocycles. The molecule has 0 atom stereocenters. The Morgan fingerprint density at radius 1 is 1.09 bits per heavy atom. The summed E-state index contributed by atoms with van der Waals surface area (Å²) in [7, 11) is -2.62. The summed E-state index contributed by atoms with van der Waals surface area (Å²) < 4.78 is 27.7. The van der Waals surface area contributed by atoms with Crippen LogP contribution in [0.2, 0.25) is 5.15 Å². The Labute approximate surface area is 191 Å². The van der Waals surface area contributed by atoms with E-state index in [2.05, 4.69) is 19.9 Å². The summed E-state index contributed by atoms with van der Waals surface area (Å²) in [5.41, 5.74) is 3.75. The molecule has 8 heteroatoms. The van der Waals surface area contributed by atoms with Gasteiger partial charge in [0.2, 0.25) is 0 Å². The zero-order chi connectivity index (χ0) is 24.3. The number of methoxy groups -OCH3 is 1. The van der Waals surface area contributed by atoms with Crippen molar-refractivity contribution < 1.29 is 8.85 Å². The standard InChI is InChI=1S/C24H18ClN5O2/c1-32-18-5-3-2-4-13(18)21-14-10-15(24(31)28-16(14)8-9-26-21)23-27-17-11-19(25)29-20(12-6-7-12)22(17)30-23/h2-5,8-12H,6-7H2,1H3,(H,27,30)(H,28,31)/i1D3. The van der Waals surface area contributed by atoms with E-state index in [1.54, 1.807) is 48.7 Å². The van der Waals surface area contributed by atoms with Gasteiger partial charge < -0.3 is 14.7 Å². The van der Waals surface area contributed by atoms with Crippen LogP contribution in [0.3, 0.4) is 0 Å². The van der Waals surface area contributed by atoms with Crippen LogP contribution in [0.25, 0.3) is 44.6 Å². The summed E-state index contributed by atoms with van der Waals surface area (Å²) >= 11 is 6.22. The largest absolute Gasteiger partial charge is 0.496 e. The van der Waals surface area contributed by atoms with Gasteiger partial charge in [0.15, 0.2) is 0 Å². The molecule has 1 saturated carbocycles. The maximum Gasteiger partial charge on any atom is 0.259 e. The Morgan fingerprint density at radius 2 is 1.97 bits per heavy atom. The van der Waals surface area contributed by atoms with Gasteiger partial charge >= 0.3 is 0 Å². The quantitative estimate of drug-likeness (QED) is 0.376. The van der Waals surface area contributed by atoms with Crippen molar-refractivity contribution in [3.63, 3.8) is 0 Å². The molecule has 4 heterocycles. The number of hydrogen-bond donors (Lipinski definition) is 2. The van der Waals surface area contributed by atoms with E-state index < -0.39 is 7.04 Å². The molecule has 32 heavy (non-hydrogen) atoms. The van der Waals surface area contributed by atoms with E-state index in [-0.39, 0.29) is 11.3 Å². The zero-order valence-electron chi connectivity index (χ0n) is 19.6. The molecule has 6 rings (SSSR count). The maximum absolute atomic E-state index is 13.0. The highest BCUT2D eigenvalue weighted by Gasteiger charge is 2.29. The third-order valence-corrected chi connectivity index (χ3v) is 5.90. The maximum atomic E-state index is 13.0. The Morgan fingerprint density at radius 3 is 2.81 bits per heavy atom. The fraction of sp³-hybridized carbons (Fsp3) is 0.167. The van der Waals surface area contributed by atoms with Crippen LogP contribution in [0.4, 0.5) is 0 Å². The Bertz CT molecular complexity index is 1670. The summed E-state index contributed by atoms with van der Waals surface area (Å²) in [6.45, 7) is 0. The highest BCUT2D eigenvalue weighted by atomic mass is 35.5. The first kappa shape index (κ1) is 16.0. The summed E-state index contributed by atoms with van der Waals surface area (Å²) in [6, 6.07) is 11.8. The van der Waals surface area contributed by atoms with Crippen molar-refractivity contribution in [1.29, 1.82) is 0 Å². The van der Waals surface area contributed by atoms with E-state index in [1.807, 2.05) is 0 Å². The Hall–Kier alpha value is -3.71. The van der Waals surface area contributed by atoms with Crippen molar-refractivity contribution >= 4 is 33.5 Å². The number of aromatic amines is 2. The molecule has 1 aliphatic rings. The minimum atomic E-state index is -2.62. The first-order valence-electron chi connectivity index (χ1n) is 11.6. The minimum absolute atomic E-state index is 0.166. The molecule has 0 amide bonds. The second kappa shape index (κ2) is 7.17. The zero-order valence-corrected chi connectivity index (χ0v) is 17.4. The van der Waals surface area contributed by atoms with E-state index in [1.165, 1.54) is 0 Å². The van der Waals surface area contributed by atoms with E-state index in [9.17, 15) is 4.79 Å². The number of rotatable bonds is 4. The number of hydrogen-bond acceptors (Lipinski definition) is 5. The van der Waals surface area contributed by atoms with Crippen molar-refractivity contribution in [1.82, 2.24) is 24.9 Å². The molecule has 7 nitrogen and oxygen atoms in total. The molecular formula is C24H18ClN5O2. The molecule has 5 aromatic rings. The monoisotopic (exact) mass is 446 g/mol. The fourth-order valence-corrected chi connectivity index (χ4v) is 4.24. The van der Waals surface area contributed by atoms with Gasteiger partial charge in [-0.05, 0) is 37.1 Å². The number of para-hydroxylation sites is 1. The molecule has 4 aromatic heterocycles. The van der Waals surface area contributed by atoms with Crippen molar-refractivity contribution in [2.75, 3.05) is 7.04 Å². The number of halogens is 1. The van der Waals surface area contributed by atoms with Gasteiger partial charge in [-0.15, -0.1) is 0 Å². The normalized spacial score (nSPS) is 15.5. The molecule has 1 aliphatic carbocycles. The molecule has 0 radical (unpaired) electrons. The Balaban J connectivity index is 1.55. The summed E-state index contributed by atoms with van der Waals surface area (Å²) in [5, 5.41) is 0.988. The van der Waals surface area contributed by atoms with E-state index >= 15 is 0 Å². The summed E-state index contributed by atoms with van der Waals surface area (Å²) in [5.74, 6) is 0.877. The van der Waals surface area contributed by atoms with Gasteiger partial charge in [0, 0.05) is 29.1 Å². The second-order valence-electron chi connectivity index (χ2n) is 7.82. The van der Waals surface area contributed by atoms with Crippen LogP contribution in [0.5, 0.6) is 5.75 Å². The number of H-pyrrole nitrogens is 2. The number of aromatic nitrogens is 5. The lowest BCUT2D eigenvalue weighted by Crippen LogP contribution is -2.10. The number of nitrogens with one attached hydrogen (secondary N) is 2. The number of imidazole rings is 1. The highest BCUT2D eigenvalue weighted by molar-refractivity contribution is 6.30. The van der Waals surface area contributed by atoms with Crippen LogP contribution < -0.4 is 10.3 Å². The lowest BCUT2D eigenvalue weighted by atomic mass is 10.0. The molecule has 1 aromatic carbocycles. The average molecular weight is 447 g/mol. The molecule has 0 spiro atoms. The van der Waals surface area contributed by atoms with Crippen LogP contribution in [0.15, 0.2) is 53.5 Å². The smallest absolute Gasteiger partial charge is 0.259 e. The van der Waals surface area contributed by atoms with E-state index in [4.69, 9.17) is 25.4 Å². The molecule has 2 N–H and O–H groups in total. The van der Waals surface area contributed by atoms with E-state index in [0.717, 1.165) is 18.5 Å². The second-order valence-corrected chi connectivity index (χ2v) is 8.20. The van der Waals surface area contributed by atoms with Gasteiger partial charge in [0.1, 0.15) is 22.2 Å². The third-order valence-electron chi connectivity index (χ3n) is 5.71. The molecule has 0 saturated heterocycles. The Kier molecular flexibility index (Phi) is 3.58. The molecule has 0 bridgehead atoms. The lowest BCUT2D eigenvalue weighted by Gasteiger charge is -2.10. The fourth-order valence-electron chi connectivity index (χ4n) is 4.04. The lowest BCUT2D eigenvalue weighted by molar-refractivity contribution is 0.416. The van der Waals surface area contributed by atoms with Crippen LogP contribution >= 0.6 is 11.6 Å². The van der Waals surface area contributed by atoms with Crippen LogP contribution in [-0.4, -0.2) is 32.0 Å². The predicted octanol–water partition coefficient (Wildman–Crippen LogP) is 5.07. The van der Waals surface area contributed by atoms with Gasteiger partial charge in [0.25, 0.3) is 5.56 Å². The SMILES string of the molecule is [2H]C([2H])([2H])Oc1ccccc1-c1nccc2[nH]c(=O)c(-c3nc4c(C5CC5)nc(Cl)cc4[nH]3)cc12. The van der Waals surface area contributed by atoms with Crippen LogP contribution in [-0.2, 0) is 0 Å². The summed E-state index contributed by atoms with van der Waals surface area (Å²) in [6.07, 6.45) is 3.62. The molecule has 158 valence electrons. The van der Waals surface area contributed by atoms with Crippen molar-refractivity contribution in [2.24, 2.45) is 0 Å². The van der Waals surface area contributed by atoms with E-state index in [0.29, 0.717) is 55.7 Å². The van der Waals surface area contributed by atoms with Gasteiger partial charge in [-0.3, -0.25) is 9.78 Å². The van der Waals surface area contributed by atoms with Crippen molar-refractivity contribution in [3.05, 3.63) is 69.9 Å². The molecule has 1 fully saturated rings. The van der Waals surface area contributed by atoms with Gasteiger partial charge in [-0.25, -0.2) is 9.97 Å². The van der Waals surface area contributed by atoms with Crippen LogP contribution in [0.1, 0.15) is 28.6 Å². The molecule has 0 unspecified atom stereocenters. The average Bonchev–Trinajstić information content (AvgIpc) is 3.56. The van der Waals surface area contributed by atoms with Crippen molar-refractivity contribution in [2.45, 2.75) is 18.8 Å². The molecular weight excluding hydrogens is 426 g/mol. The minimum Gasteiger partial charge on any atom is -0.496 e. The predicted molar refractivity (Wildman–Crippen MR) is 124 cm³/mol. The number of ether oxygens (including phenoxy) is 1. The van der Waals surface area contributed by atoms with Gasteiger partial charge in [-0.1, -0.05) is 23.7 Å². The van der Waals surface area contributed by atoms with Gasteiger partial charge in [0.05, 0.1) is 39.1 Å². The first-order chi connectivity index (χ1) is 16.8. The number of benzene rings is 1. The number of fused-ring (bicyclic) bond motifs is 2. The number of pyridine rings is 3.